The summed E-state index contributed by atoms with van der Waals surface area (Å²) in [5, 5.41) is 6.98. The maximum atomic E-state index is 13.8. The smallest absolute Gasteiger partial charge is 0.244 e. The molecule has 1 aliphatic heterocycles. The number of rotatable bonds is 8. The third-order valence-electron chi connectivity index (χ3n) is 5.40. The van der Waals surface area contributed by atoms with Crippen molar-refractivity contribution in [1.29, 1.82) is 0 Å². The molecule has 1 N–H and O–H groups in total. The molecular weight excluding hydrogens is 373 g/mol. The molecule has 1 unspecified atom stereocenters. The quantitative estimate of drug-likeness (QED) is 0.683. The van der Waals surface area contributed by atoms with Gasteiger partial charge in [0.1, 0.15) is 5.82 Å². The average molecular weight is 404 g/mol. The lowest BCUT2D eigenvalue weighted by molar-refractivity contribution is -0.122. The Morgan fingerprint density at radius 3 is 2.76 bits per heavy atom. The van der Waals surface area contributed by atoms with Crippen LogP contribution in [0.4, 0.5) is 4.39 Å². The van der Waals surface area contributed by atoms with Crippen molar-refractivity contribution < 1.29 is 13.7 Å². The lowest BCUT2D eigenvalue weighted by Gasteiger charge is -2.36. The van der Waals surface area contributed by atoms with E-state index in [1.165, 1.54) is 6.07 Å². The minimum Gasteiger partial charge on any atom is -0.355 e. The molecule has 0 radical (unpaired) electrons. The summed E-state index contributed by atoms with van der Waals surface area (Å²) in [4.78, 5) is 20.9. The van der Waals surface area contributed by atoms with Gasteiger partial charge in [-0.05, 0) is 31.9 Å². The Morgan fingerprint density at radius 2 is 2.07 bits per heavy atom. The number of hydrogen-bond donors (Lipinski definition) is 1. The van der Waals surface area contributed by atoms with Gasteiger partial charge < -0.3 is 9.84 Å². The van der Waals surface area contributed by atoms with E-state index < -0.39 is 0 Å². The Labute approximate surface area is 171 Å². The van der Waals surface area contributed by atoms with Gasteiger partial charge in [0.05, 0.1) is 12.6 Å². The van der Waals surface area contributed by atoms with E-state index in [-0.39, 0.29) is 17.8 Å². The van der Waals surface area contributed by atoms with E-state index in [2.05, 4.69) is 32.2 Å². The first kappa shape index (κ1) is 21.4. The number of carbonyl (C=O) groups is 1. The van der Waals surface area contributed by atoms with E-state index in [9.17, 15) is 9.18 Å². The Hall–Kier alpha value is -2.32. The molecule has 158 valence electrons. The third kappa shape index (κ3) is 5.61. The second kappa shape index (κ2) is 9.93. The zero-order chi connectivity index (χ0) is 20.8. The molecule has 7 nitrogen and oxygen atoms in total. The summed E-state index contributed by atoms with van der Waals surface area (Å²) in [7, 11) is 0. The van der Waals surface area contributed by atoms with Gasteiger partial charge >= 0.3 is 0 Å². The van der Waals surface area contributed by atoms with Crippen LogP contribution in [0.5, 0.6) is 0 Å². The first-order valence-electron chi connectivity index (χ1n) is 10.3. The highest BCUT2D eigenvalue weighted by Gasteiger charge is 2.26. The summed E-state index contributed by atoms with van der Waals surface area (Å²) < 4.78 is 19.3. The van der Waals surface area contributed by atoms with Crippen LogP contribution >= 0.6 is 0 Å². The summed E-state index contributed by atoms with van der Waals surface area (Å²) in [5.41, 5.74) is 1.19. The number of unbranched alkanes of at least 4 members (excludes halogenated alkanes) is 1. The van der Waals surface area contributed by atoms with Crippen LogP contribution in [-0.2, 0) is 4.79 Å². The second-order valence-electron chi connectivity index (χ2n) is 7.61. The zero-order valence-electron chi connectivity index (χ0n) is 17.4. The van der Waals surface area contributed by atoms with Gasteiger partial charge in [0, 0.05) is 38.3 Å². The standard InChI is InChI=1S/C21H30FN5O2/c1-4-5-8-23-19(28)14-26-9-11-27(12-10-26)16(3)21-24-20(25-29-21)17-7-6-15(2)18(22)13-17/h6-7,13,16H,4-5,8-12,14H2,1-3H3,(H,23,28). The molecule has 0 bridgehead atoms. The molecule has 1 fully saturated rings. The van der Waals surface area contributed by atoms with E-state index in [4.69, 9.17) is 4.52 Å². The van der Waals surface area contributed by atoms with Gasteiger partial charge in [-0.3, -0.25) is 14.6 Å². The van der Waals surface area contributed by atoms with Gasteiger partial charge in [0.15, 0.2) is 0 Å². The molecule has 1 saturated heterocycles. The molecule has 1 aliphatic rings. The largest absolute Gasteiger partial charge is 0.355 e. The minimum atomic E-state index is -0.281. The molecule has 3 rings (SSSR count). The summed E-state index contributed by atoms with van der Waals surface area (Å²) in [6.45, 7) is 10.3. The summed E-state index contributed by atoms with van der Waals surface area (Å²) >= 11 is 0. The van der Waals surface area contributed by atoms with Crippen LogP contribution in [0.1, 0.15) is 44.2 Å². The number of aromatic nitrogens is 2. The first-order valence-corrected chi connectivity index (χ1v) is 10.3. The fourth-order valence-electron chi connectivity index (χ4n) is 3.38. The van der Waals surface area contributed by atoms with E-state index >= 15 is 0 Å². The number of piperazine rings is 1. The van der Waals surface area contributed by atoms with Gasteiger partial charge in [0.25, 0.3) is 0 Å². The number of amides is 1. The first-order chi connectivity index (χ1) is 14.0. The molecule has 1 aromatic carbocycles. The topological polar surface area (TPSA) is 74.5 Å². The van der Waals surface area contributed by atoms with E-state index in [0.717, 1.165) is 45.6 Å². The zero-order valence-corrected chi connectivity index (χ0v) is 17.4. The summed E-state index contributed by atoms with van der Waals surface area (Å²) in [5.74, 6) is 0.725. The van der Waals surface area contributed by atoms with Gasteiger partial charge in [-0.25, -0.2) is 4.39 Å². The van der Waals surface area contributed by atoms with Crippen molar-refractivity contribution in [3.8, 4) is 11.4 Å². The average Bonchev–Trinajstić information content (AvgIpc) is 3.20. The number of benzene rings is 1. The maximum absolute atomic E-state index is 13.8. The van der Waals surface area contributed by atoms with Crippen LogP contribution in [0, 0.1) is 12.7 Å². The Morgan fingerprint density at radius 1 is 1.31 bits per heavy atom. The van der Waals surface area contributed by atoms with Crippen LogP contribution in [0.3, 0.4) is 0 Å². The Kier molecular flexibility index (Phi) is 7.33. The number of halogens is 1. The predicted octanol–water partition coefficient (Wildman–Crippen LogP) is 2.78. The molecular formula is C21H30FN5O2. The minimum absolute atomic E-state index is 0.0351. The van der Waals surface area contributed by atoms with Crippen molar-refractivity contribution in [2.45, 2.75) is 39.7 Å². The monoisotopic (exact) mass is 403 g/mol. The van der Waals surface area contributed by atoms with Crippen molar-refractivity contribution >= 4 is 5.91 Å². The van der Waals surface area contributed by atoms with Crippen molar-refractivity contribution in [3.05, 3.63) is 35.5 Å². The summed E-state index contributed by atoms with van der Waals surface area (Å²) in [6.07, 6.45) is 2.09. The number of carbonyl (C=O) groups excluding carboxylic acids is 1. The fourth-order valence-corrected chi connectivity index (χ4v) is 3.38. The Balaban J connectivity index is 1.52. The normalized spacial score (nSPS) is 16.7. The van der Waals surface area contributed by atoms with E-state index in [1.807, 2.05) is 6.92 Å². The SMILES string of the molecule is CCCCNC(=O)CN1CCN(C(C)c2nc(-c3ccc(C)c(F)c3)no2)CC1. The molecule has 1 amide bonds. The molecule has 0 spiro atoms. The molecule has 2 heterocycles. The van der Waals surface area contributed by atoms with Crippen molar-refractivity contribution in [2.24, 2.45) is 0 Å². The van der Waals surface area contributed by atoms with Crippen LogP contribution in [0.2, 0.25) is 0 Å². The fraction of sp³-hybridized carbons (Fsp3) is 0.571. The molecule has 8 heteroatoms. The number of nitrogens with one attached hydrogen (secondary N) is 1. The van der Waals surface area contributed by atoms with Gasteiger partial charge in [-0.1, -0.05) is 30.6 Å². The predicted molar refractivity (Wildman–Crippen MR) is 109 cm³/mol. The van der Waals surface area contributed by atoms with Crippen molar-refractivity contribution in [3.63, 3.8) is 0 Å². The molecule has 0 aliphatic carbocycles. The van der Waals surface area contributed by atoms with E-state index in [1.54, 1.807) is 19.1 Å². The molecule has 0 saturated carbocycles. The van der Waals surface area contributed by atoms with Crippen LogP contribution in [0.25, 0.3) is 11.4 Å². The van der Waals surface area contributed by atoms with E-state index in [0.29, 0.717) is 29.4 Å². The van der Waals surface area contributed by atoms with Gasteiger partial charge in [-0.2, -0.15) is 4.98 Å². The molecule has 29 heavy (non-hydrogen) atoms. The number of hydrogen-bond acceptors (Lipinski definition) is 6. The van der Waals surface area contributed by atoms with Crippen molar-refractivity contribution in [2.75, 3.05) is 39.3 Å². The third-order valence-corrected chi connectivity index (χ3v) is 5.40. The summed E-state index contributed by atoms with van der Waals surface area (Å²) in [6, 6.07) is 4.90. The maximum Gasteiger partial charge on any atom is 0.244 e. The van der Waals surface area contributed by atoms with Crippen LogP contribution in [0.15, 0.2) is 22.7 Å². The molecule has 1 atom stereocenters. The molecule has 2 aromatic rings. The van der Waals surface area contributed by atoms with Gasteiger partial charge in [0.2, 0.25) is 17.6 Å². The molecule has 1 aromatic heterocycles. The van der Waals surface area contributed by atoms with Crippen molar-refractivity contribution in [1.82, 2.24) is 25.3 Å². The van der Waals surface area contributed by atoms with Crippen LogP contribution < -0.4 is 5.32 Å². The number of nitrogens with zero attached hydrogens (tertiary/aromatic N) is 4. The Bertz CT molecular complexity index is 817. The lowest BCUT2D eigenvalue weighted by Crippen LogP contribution is -2.50. The highest BCUT2D eigenvalue weighted by molar-refractivity contribution is 5.77. The second-order valence-corrected chi connectivity index (χ2v) is 7.61. The lowest BCUT2D eigenvalue weighted by atomic mass is 10.1. The number of aryl methyl sites for hydroxylation is 1. The van der Waals surface area contributed by atoms with Gasteiger partial charge in [-0.15, -0.1) is 0 Å². The highest BCUT2D eigenvalue weighted by atomic mass is 19.1. The highest BCUT2D eigenvalue weighted by Crippen LogP contribution is 2.24. The van der Waals surface area contributed by atoms with Crippen LogP contribution in [-0.4, -0.2) is 65.1 Å².